The molecule has 0 bridgehead atoms. The van der Waals surface area contributed by atoms with Gasteiger partial charge in [0.15, 0.2) is 0 Å². The van der Waals surface area contributed by atoms with Crippen LogP contribution >= 0.6 is 0 Å². The molecular weight excluding hydrogens is 322 g/mol. The second-order valence-electron chi connectivity index (χ2n) is 7.11. The van der Waals surface area contributed by atoms with Gasteiger partial charge in [0, 0.05) is 13.1 Å². The van der Waals surface area contributed by atoms with Crippen molar-refractivity contribution in [2.45, 2.75) is 25.5 Å². The molecule has 1 fully saturated rings. The Morgan fingerprint density at radius 1 is 1.08 bits per heavy atom. The van der Waals surface area contributed by atoms with Crippen LogP contribution in [0.25, 0.3) is 0 Å². The van der Waals surface area contributed by atoms with Crippen molar-refractivity contribution in [1.29, 1.82) is 5.26 Å². The first-order valence-electron chi connectivity index (χ1n) is 9.39. The van der Waals surface area contributed by atoms with Gasteiger partial charge < -0.3 is 15.3 Å². The first kappa shape index (κ1) is 18.6. The van der Waals surface area contributed by atoms with Gasteiger partial charge in [-0.05, 0) is 61.7 Å². The highest BCUT2D eigenvalue weighted by Crippen LogP contribution is 2.20. The Kier molecular flexibility index (Phi) is 6.79. The summed E-state index contributed by atoms with van der Waals surface area (Å²) in [6, 6.07) is 19.8. The number of nitrogens with zero attached hydrogens (tertiary/aromatic N) is 2. The maximum Gasteiger partial charge on any atom is 0.0991 e. The van der Waals surface area contributed by atoms with E-state index >= 15 is 0 Å². The molecule has 4 nitrogen and oxygen atoms in total. The molecule has 26 heavy (non-hydrogen) atoms. The van der Waals surface area contributed by atoms with Crippen LogP contribution in [0, 0.1) is 17.2 Å². The number of hydrogen-bond donors (Lipinski definition) is 2. The van der Waals surface area contributed by atoms with E-state index in [4.69, 9.17) is 5.26 Å². The lowest BCUT2D eigenvalue weighted by Crippen LogP contribution is -2.39. The molecule has 1 atom stereocenters. The van der Waals surface area contributed by atoms with Crippen LogP contribution in [0.1, 0.15) is 35.6 Å². The van der Waals surface area contributed by atoms with Crippen LogP contribution in [0.15, 0.2) is 54.6 Å². The molecule has 0 aromatic heterocycles. The molecule has 136 valence electrons. The number of aliphatic hydroxyl groups excluding tert-OH is 1. The minimum atomic E-state index is -0.401. The highest BCUT2D eigenvalue weighted by atomic mass is 16.3. The fraction of sp³-hybridized carbons (Fsp3) is 0.409. The summed E-state index contributed by atoms with van der Waals surface area (Å²) in [7, 11) is 0. The summed E-state index contributed by atoms with van der Waals surface area (Å²) in [5.41, 5.74) is 2.92. The summed E-state index contributed by atoms with van der Waals surface area (Å²) in [5, 5.41) is 22.7. The van der Waals surface area contributed by atoms with Crippen molar-refractivity contribution in [2.24, 2.45) is 5.92 Å². The van der Waals surface area contributed by atoms with Gasteiger partial charge in [0.05, 0.1) is 17.7 Å². The second kappa shape index (κ2) is 9.49. The van der Waals surface area contributed by atoms with E-state index in [0.29, 0.717) is 11.5 Å². The number of β-amino-alcohol motifs (C(OH)–C–C–N with tert-alkyl or cyclic N) is 1. The van der Waals surface area contributed by atoms with Gasteiger partial charge in [-0.1, -0.05) is 42.5 Å². The van der Waals surface area contributed by atoms with E-state index in [-0.39, 0.29) is 0 Å². The normalized spacial score (nSPS) is 16.9. The number of nitrogens with one attached hydrogen (secondary N) is 1. The summed E-state index contributed by atoms with van der Waals surface area (Å²) >= 11 is 0. The third-order valence-electron chi connectivity index (χ3n) is 5.17. The van der Waals surface area contributed by atoms with Crippen molar-refractivity contribution in [3.63, 3.8) is 0 Å². The van der Waals surface area contributed by atoms with E-state index in [9.17, 15) is 5.11 Å². The second-order valence-corrected chi connectivity index (χ2v) is 7.11. The van der Waals surface area contributed by atoms with Gasteiger partial charge in [-0.15, -0.1) is 0 Å². The SMILES string of the molecule is N#Cc1ccc(CNCC2CCN(CC(O)c3ccccc3)CC2)cc1. The monoisotopic (exact) mass is 349 g/mol. The summed E-state index contributed by atoms with van der Waals surface area (Å²) in [6.07, 6.45) is 1.94. The molecule has 1 heterocycles. The lowest BCUT2D eigenvalue weighted by molar-refractivity contribution is 0.0891. The number of nitriles is 1. The third kappa shape index (κ3) is 5.40. The molecule has 2 N–H and O–H groups in total. The Balaban J connectivity index is 1.35. The van der Waals surface area contributed by atoms with E-state index in [2.05, 4.69) is 16.3 Å². The molecular formula is C22H27N3O. The molecule has 3 rings (SSSR count). The van der Waals surface area contributed by atoms with E-state index in [1.807, 2.05) is 54.6 Å². The summed E-state index contributed by atoms with van der Waals surface area (Å²) in [6.45, 7) is 4.68. The third-order valence-corrected chi connectivity index (χ3v) is 5.17. The summed E-state index contributed by atoms with van der Waals surface area (Å²) < 4.78 is 0. The van der Waals surface area contributed by atoms with Gasteiger partial charge >= 0.3 is 0 Å². The first-order chi connectivity index (χ1) is 12.7. The van der Waals surface area contributed by atoms with Crippen molar-refractivity contribution >= 4 is 0 Å². The largest absolute Gasteiger partial charge is 0.387 e. The molecule has 1 aliphatic rings. The minimum absolute atomic E-state index is 0.401. The van der Waals surface area contributed by atoms with Crippen molar-refractivity contribution < 1.29 is 5.11 Å². The Bertz CT molecular complexity index is 700. The first-order valence-corrected chi connectivity index (χ1v) is 9.39. The van der Waals surface area contributed by atoms with Crippen LogP contribution in [0.3, 0.4) is 0 Å². The average molecular weight is 349 g/mol. The highest BCUT2D eigenvalue weighted by Gasteiger charge is 2.21. The lowest BCUT2D eigenvalue weighted by atomic mass is 9.96. The molecule has 1 saturated heterocycles. The molecule has 0 saturated carbocycles. The van der Waals surface area contributed by atoms with Crippen molar-refractivity contribution in [3.05, 3.63) is 71.3 Å². The molecule has 2 aromatic rings. The average Bonchev–Trinajstić information content (AvgIpc) is 2.70. The van der Waals surface area contributed by atoms with Gasteiger partial charge in [0.1, 0.15) is 0 Å². The standard InChI is InChI=1S/C22H27N3O/c23-14-18-6-8-19(9-7-18)15-24-16-20-10-12-25(13-11-20)17-22(26)21-4-2-1-3-5-21/h1-9,20,22,24,26H,10-13,15-17H2. The van der Waals surface area contributed by atoms with E-state index < -0.39 is 6.10 Å². The van der Waals surface area contributed by atoms with E-state index in [1.54, 1.807) is 0 Å². The Labute approximate surface area is 156 Å². The summed E-state index contributed by atoms with van der Waals surface area (Å²) in [4.78, 5) is 2.37. The molecule has 1 aliphatic heterocycles. The zero-order valence-corrected chi connectivity index (χ0v) is 15.1. The van der Waals surface area contributed by atoms with Crippen LogP contribution < -0.4 is 5.32 Å². The highest BCUT2D eigenvalue weighted by molar-refractivity contribution is 5.31. The lowest BCUT2D eigenvalue weighted by Gasteiger charge is -2.33. The van der Waals surface area contributed by atoms with E-state index in [0.717, 1.165) is 38.3 Å². The minimum Gasteiger partial charge on any atom is -0.387 e. The predicted octanol–water partition coefficient (Wildman–Crippen LogP) is 3.09. The fourth-order valence-electron chi connectivity index (χ4n) is 3.52. The van der Waals surface area contributed by atoms with Crippen LogP contribution in [-0.4, -0.2) is 36.2 Å². The Hall–Kier alpha value is -2.19. The number of hydrogen-bond acceptors (Lipinski definition) is 4. The number of aliphatic hydroxyl groups is 1. The van der Waals surface area contributed by atoms with Crippen molar-refractivity contribution in [2.75, 3.05) is 26.2 Å². The number of piperidine rings is 1. The fourth-order valence-corrected chi connectivity index (χ4v) is 3.52. The molecule has 0 spiro atoms. The van der Waals surface area contributed by atoms with Gasteiger partial charge in [-0.3, -0.25) is 0 Å². The predicted molar refractivity (Wildman–Crippen MR) is 103 cm³/mol. The van der Waals surface area contributed by atoms with Gasteiger partial charge in [0.2, 0.25) is 0 Å². The maximum absolute atomic E-state index is 10.4. The van der Waals surface area contributed by atoms with Crippen LogP contribution in [0.5, 0.6) is 0 Å². The molecule has 2 aromatic carbocycles. The quantitative estimate of drug-likeness (QED) is 0.806. The maximum atomic E-state index is 10.4. The Morgan fingerprint density at radius 3 is 2.42 bits per heavy atom. The van der Waals surface area contributed by atoms with Crippen LogP contribution in [0.4, 0.5) is 0 Å². The molecule has 0 aliphatic carbocycles. The van der Waals surface area contributed by atoms with E-state index in [1.165, 1.54) is 18.4 Å². The number of likely N-dealkylation sites (tertiary alicyclic amines) is 1. The zero-order valence-electron chi connectivity index (χ0n) is 15.1. The van der Waals surface area contributed by atoms with Crippen LogP contribution in [0.2, 0.25) is 0 Å². The topological polar surface area (TPSA) is 59.3 Å². The van der Waals surface area contributed by atoms with Gasteiger partial charge in [-0.25, -0.2) is 0 Å². The molecule has 0 amide bonds. The molecule has 1 unspecified atom stereocenters. The van der Waals surface area contributed by atoms with Gasteiger partial charge in [0.25, 0.3) is 0 Å². The molecule has 0 radical (unpaired) electrons. The number of rotatable bonds is 7. The van der Waals surface area contributed by atoms with Crippen molar-refractivity contribution in [3.8, 4) is 6.07 Å². The summed E-state index contributed by atoms with van der Waals surface area (Å²) in [5.74, 6) is 0.693. The zero-order chi connectivity index (χ0) is 18.2. The smallest absolute Gasteiger partial charge is 0.0991 e. The number of benzene rings is 2. The van der Waals surface area contributed by atoms with Gasteiger partial charge in [-0.2, -0.15) is 5.26 Å². The molecule has 4 heteroatoms. The Morgan fingerprint density at radius 2 is 1.77 bits per heavy atom. The van der Waals surface area contributed by atoms with Crippen molar-refractivity contribution in [1.82, 2.24) is 10.2 Å². The van der Waals surface area contributed by atoms with Crippen LogP contribution in [-0.2, 0) is 6.54 Å².